The van der Waals surface area contributed by atoms with E-state index in [1.165, 1.54) is 17.9 Å². The van der Waals surface area contributed by atoms with Crippen LogP contribution in [0.15, 0.2) is 42.5 Å². The lowest BCUT2D eigenvalue weighted by molar-refractivity contribution is -0.119. The first kappa shape index (κ1) is 25.0. The molecule has 1 fully saturated rings. The predicted octanol–water partition coefficient (Wildman–Crippen LogP) is 4.81. The van der Waals surface area contributed by atoms with Crippen molar-refractivity contribution in [3.05, 3.63) is 53.8 Å². The Labute approximate surface area is 198 Å². The number of hydrogen-bond donors (Lipinski definition) is 2. The zero-order chi connectivity index (χ0) is 24.2. The van der Waals surface area contributed by atoms with Crippen LogP contribution in [0.3, 0.4) is 0 Å². The van der Waals surface area contributed by atoms with Gasteiger partial charge in [-0.2, -0.15) is 8.78 Å². The van der Waals surface area contributed by atoms with Crippen molar-refractivity contribution < 1.29 is 27.5 Å². The fourth-order valence-corrected chi connectivity index (χ4v) is 4.00. The lowest BCUT2D eigenvalue weighted by atomic mass is 10.0. The van der Waals surface area contributed by atoms with Gasteiger partial charge in [-0.25, -0.2) is 9.18 Å². The number of carbonyl (C=O) groups is 2. The number of benzene rings is 2. The Bertz CT molecular complexity index is 999. The van der Waals surface area contributed by atoms with Crippen molar-refractivity contribution in [2.45, 2.75) is 43.8 Å². The molecule has 2 N–H and O–H groups in total. The van der Waals surface area contributed by atoms with E-state index in [2.05, 4.69) is 26.6 Å². The summed E-state index contributed by atoms with van der Waals surface area (Å²) in [4.78, 5) is 21.6. The third kappa shape index (κ3) is 7.20. The zero-order valence-electron chi connectivity index (χ0n) is 18.2. The summed E-state index contributed by atoms with van der Waals surface area (Å²) in [6.45, 7) is 3.86. The first-order valence-corrected chi connectivity index (χ1v) is 11.2. The van der Waals surface area contributed by atoms with E-state index in [0.29, 0.717) is 23.4 Å². The largest absolute Gasteiger partial charge is 0.442 e. The number of nitrogens with zero attached hydrogens (tertiary/aromatic N) is 1. The third-order valence-corrected chi connectivity index (χ3v) is 5.50. The van der Waals surface area contributed by atoms with E-state index in [0.717, 1.165) is 5.56 Å². The highest BCUT2D eigenvalue weighted by atomic mass is 79.9. The minimum atomic E-state index is -2.91. The Morgan fingerprint density at radius 1 is 1.27 bits per heavy atom. The number of alkyl halides is 3. The van der Waals surface area contributed by atoms with Crippen molar-refractivity contribution in [3.63, 3.8) is 0 Å². The van der Waals surface area contributed by atoms with Crippen LogP contribution in [0.4, 0.5) is 23.7 Å². The van der Waals surface area contributed by atoms with E-state index in [4.69, 9.17) is 4.74 Å². The summed E-state index contributed by atoms with van der Waals surface area (Å²) in [5.74, 6) is -0.721. The number of halogens is 4. The van der Waals surface area contributed by atoms with Crippen molar-refractivity contribution in [2.75, 3.05) is 18.0 Å². The van der Waals surface area contributed by atoms with E-state index >= 15 is 0 Å². The maximum absolute atomic E-state index is 14.9. The molecule has 6 nitrogen and oxygen atoms in total. The van der Waals surface area contributed by atoms with Crippen LogP contribution in [0.2, 0.25) is 0 Å². The molecule has 0 aromatic heterocycles. The molecule has 2 aromatic rings. The molecule has 0 radical (unpaired) electrons. The van der Waals surface area contributed by atoms with E-state index in [1.807, 2.05) is 0 Å². The Kier molecular flexibility index (Phi) is 8.01. The highest BCUT2D eigenvalue weighted by Gasteiger charge is 2.32. The molecule has 0 spiro atoms. The average Bonchev–Trinajstić information content (AvgIpc) is 3.10. The summed E-state index contributed by atoms with van der Waals surface area (Å²) in [5, 5.41) is 5.63. The predicted molar refractivity (Wildman–Crippen MR) is 123 cm³/mol. The van der Waals surface area contributed by atoms with Gasteiger partial charge in [0, 0.05) is 31.5 Å². The standard InChI is InChI=1S/C23H25BrF3N3O3/c1-14(10-23(24,26)27)28-11-16-3-5-17(6-4-16)20-8-7-18(9-21(20)25)30-13-19(33-22(30)32)12-29-15(2)31/h3-9,14,19,28H,10-13H2,1-2H3,(H,29,31)/t14?,19-/m0/s1. The summed E-state index contributed by atoms with van der Waals surface area (Å²) in [5.41, 5.74) is 2.26. The van der Waals surface area contributed by atoms with Crippen molar-refractivity contribution in [1.29, 1.82) is 0 Å². The maximum Gasteiger partial charge on any atom is 0.414 e. The summed E-state index contributed by atoms with van der Waals surface area (Å²) in [6.07, 6.45) is -1.43. The molecular formula is C23H25BrF3N3O3. The zero-order valence-corrected chi connectivity index (χ0v) is 19.8. The molecule has 1 heterocycles. The molecule has 1 unspecified atom stereocenters. The van der Waals surface area contributed by atoms with Crippen LogP contribution >= 0.6 is 15.9 Å². The van der Waals surface area contributed by atoms with Gasteiger partial charge in [-0.1, -0.05) is 24.3 Å². The Morgan fingerprint density at radius 3 is 2.58 bits per heavy atom. The van der Waals surface area contributed by atoms with Crippen molar-refractivity contribution in [2.24, 2.45) is 0 Å². The SMILES string of the molecule is CC(=O)NC[C@H]1CN(c2ccc(-c3ccc(CNC(C)CC(F)(F)Br)cc3)c(F)c2)C(=O)O1. The van der Waals surface area contributed by atoms with Crippen molar-refractivity contribution in [1.82, 2.24) is 10.6 Å². The van der Waals surface area contributed by atoms with Gasteiger partial charge < -0.3 is 15.4 Å². The van der Waals surface area contributed by atoms with Gasteiger partial charge in [-0.15, -0.1) is 0 Å². The van der Waals surface area contributed by atoms with Gasteiger partial charge in [0.25, 0.3) is 0 Å². The lowest BCUT2D eigenvalue weighted by Gasteiger charge is -2.17. The quantitative estimate of drug-likeness (QED) is 0.459. The van der Waals surface area contributed by atoms with E-state index in [9.17, 15) is 22.8 Å². The molecule has 1 aliphatic heterocycles. The normalized spacial score (nSPS) is 17.1. The molecule has 3 rings (SSSR count). The number of cyclic esters (lactones) is 1. The lowest BCUT2D eigenvalue weighted by Crippen LogP contribution is -2.33. The van der Waals surface area contributed by atoms with Crippen LogP contribution in [0.1, 0.15) is 25.8 Å². The number of hydrogen-bond acceptors (Lipinski definition) is 4. The Balaban J connectivity index is 1.63. The fourth-order valence-electron chi connectivity index (χ4n) is 3.52. The number of rotatable bonds is 9. The Hall–Kier alpha value is -2.59. The molecule has 1 aliphatic rings. The highest BCUT2D eigenvalue weighted by Crippen LogP contribution is 2.30. The monoisotopic (exact) mass is 527 g/mol. The summed E-state index contributed by atoms with van der Waals surface area (Å²) in [6, 6.07) is 11.2. The van der Waals surface area contributed by atoms with Crippen molar-refractivity contribution in [3.8, 4) is 11.1 Å². The van der Waals surface area contributed by atoms with E-state index in [1.54, 1.807) is 43.3 Å². The summed E-state index contributed by atoms with van der Waals surface area (Å²) >= 11 is 2.34. The van der Waals surface area contributed by atoms with Crippen LogP contribution in [0.5, 0.6) is 0 Å². The minimum absolute atomic E-state index is 0.191. The van der Waals surface area contributed by atoms with Gasteiger partial charge in [0.05, 0.1) is 18.8 Å². The van der Waals surface area contributed by atoms with Gasteiger partial charge >= 0.3 is 10.9 Å². The van der Waals surface area contributed by atoms with Crippen LogP contribution in [-0.4, -0.2) is 42.1 Å². The topological polar surface area (TPSA) is 70.7 Å². The number of carbonyl (C=O) groups excluding carboxylic acids is 2. The maximum atomic E-state index is 14.9. The molecule has 0 bridgehead atoms. The van der Waals surface area contributed by atoms with Crippen LogP contribution in [-0.2, 0) is 16.1 Å². The molecule has 0 aliphatic carbocycles. The van der Waals surface area contributed by atoms with E-state index < -0.39 is 22.8 Å². The molecule has 2 atom stereocenters. The number of ether oxygens (including phenoxy) is 1. The minimum Gasteiger partial charge on any atom is -0.442 e. The molecule has 10 heteroatoms. The van der Waals surface area contributed by atoms with Gasteiger partial charge in [0.15, 0.2) is 0 Å². The summed E-state index contributed by atoms with van der Waals surface area (Å²) in [7, 11) is 0. The van der Waals surface area contributed by atoms with Gasteiger partial charge in [-0.3, -0.25) is 9.69 Å². The van der Waals surface area contributed by atoms with Gasteiger partial charge in [-0.05, 0) is 52.2 Å². The number of nitrogens with one attached hydrogen (secondary N) is 2. The number of anilines is 1. The number of amides is 2. The third-order valence-electron chi connectivity index (χ3n) is 5.17. The fraction of sp³-hybridized carbons (Fsp3) is 0.391. The van der Waals surface area contributed by atoms with E-state index in [-0.39, 0.29) is 31.5 Å². The molecule has 33 heavy (non-hydrogen) atoms. The second kappa shape index (κ2) is 10.6. The van der Waals surface area contributed by atoms with Gasteiger partial charge in [0.2, 0.25) is 5.91 Å². The molecular weight excluding hydrogens is 503 g/mol. The van der Waals surface area contributed by atoms with Gasteiger partial charge in [0.1, 0.15) is 11.9 Å². The van der Waals surface area contributed by atoms with Crippen molar-refractivity contribution >= 4 is 33.6 Å². The van der Waals surface area contributed by atoms with Crippen LogP contribution < -0.4 is 15.5 Å². The first-order valence-electron chi connectivity index (χ1n) is 10.4. The molecule has 0 saturated carbocycles. The second-order valence-corrected chi connectivity index (χ2v) is 9.18. The first-order chi connectivity index (χ1) is 15.5. The Morgan fingerprint density at radius 2 is 1.97 bits per heavy atom. The smallest absolute Gasteiger partial charge is 0.414 e. The molecule has 2 aromatic carbocycles. The summed E-state index contributed by atoms with van der Waals surface area (Å²) < 4.78 is 46.1. The second-order valence-electron chi connectivity index (χ2n) is 8.02. The average molecular weight is 528 g/mol. The molecule has 2 amide bonds. The molecule has 1 saturated heterocycles. The highest BCUT2D eigenvalue weighted by molar-refractivity contribution is 9.10. The van der Waals surface area contributed by atoms with Crippen LogP contribution in [0.25, 0.3) is 11.1 Å². The van der Waals surface area contributed by atoms with Crippen LogP contribution in [0, 0.1) is 5.82 Å². The molecule has 178 valence electrons.